The zero-order valence-corrected chi connectivity index (χ0v) is 14.8. The summed E-state index contributed by atoms with van der Waals surface area (Å²) in [6.07, 6.45) is -0.540. The van der Waals surface area contributed by atoms with E-state index in [1.807, 2.05) is 67.6 Å². The van der Waals surface area contributed by atoms with E-state index in [1.165, 1.54) is 0 Å². The SMILES string of the molecule is COC(OC)/C(C)=C(\C#N)CN=C(c1ccccc1)c1ccccc1. The largest absolute Gasteiger partial charge is 0.352 e. The van der Waals surface area contributed by atoms with Crippen LogP contribution in [0.3, 0.4) is 0 Å². The van der Waals surface area contributed by atoms with Gasteiger partial charge < -0.3 is 9.47 Å². The Morgan fingerprint density at radius 1 is 0.960 bits per heavy atom. The van der Waals surface area contributed by atoms with Crippen LogP contribution in [0.15, 0.2) is 76.8 Å². The Kier molecular flexibility index (Phi) is 7.09. The standard InChI is InChI=1S/C21H22N2O2/c1-16(21(24-2)25-3)19(14-22)15-23-20(17-10-6-4-7-11-17)18-12-8-5-9-13-18/h4-13,21H,15H2,1-3H3/b19-16+. The molecule has 128 valence electrons. The highest BCUT2D eigenvalue weighted by atomic mass is 16.7. The van der Waals surface area contributed by atoms with Gasteiger partial charge in [-0.2, -0.15) is 5.26 Å². The normalized spacial score (nSPS) is 11.6. The summed E-state index contributed by atoms with van der Waals surface area (Å²) in [5, 5.41) is 9.50. The van der Waals surface area contributed by atoms with Crippen LogP contribution >= 0.6 is 0 Å². The molecule has 0 bridgehead atoms. The molecule has 0 saturated carbocycles. The Balaban J connectivity index is 2.41. The molecule has 4 nitrogen and oxygen atoms in total. The second-order valence-corrected chi connectivity index (χ2v) is 5.47. The van der Waals surface area contributed by atoms with Crippen LogP contribution in [0.25, 0.3) is 0 Å². The second-order valence-electron chi connectivity index (χ2n) is 5.47. The maximum Gasteiger partial charge on any atom is 0.180 e. The van der Waals surface area contributed by atoms with Crippen molar-refractivity contribution in [2.24, 2.45) is 4.99 Å². The summed E-state index contributed by atoms with van der Waals surface area (Å²) in [4.78, 5) is 4.73. The van der Waals surface area contributed by atoms with Gasteiger partial charge in [0.25, 0.3) is 0 Å². The van der Waals surface area contributed by atoms with Gasteiger partial charge in [0.05, 0.1) is 23.9 Å². The van der Waals surface area contributed by atoms with Crippen molar-refractivity contribution in [3.63, 3.8) is 0 Å². The molecule has 0 N–H and O–H groups in total. The first kappa shape index (κ1) is 18.6. The van der Waals surface area contributed by atoms with Gasteiger partial charge in [-0.1, -0.05) is 60.7 Å². The fourth-order valence-corrected chi connectivity index (χ4v) is 2.54. The van der Waals surface area contributed by atoms with Gasteiger partial charge in [0.1, 0.15) is 0 Å². The van der Waals surface area contributed by atoms with Crippen LogP contribution < -0.4 is 0 Å². The Morgan fingerprint density at radius 3 is 1.84 bits per heavy atom. The third-order valence-electron chi connectivity index (χ3n) is 3.88. The number of nitrogens with zero attached hydrogens (tertiary/aromatic N) is 2. The van der Waals surface area contributed by atoms with Crippen LogP contribution in [0.2, 0.25) is 0 Å². The molecule has 0 radical (unpaired) electrons. The lowest BCUT2D eigenvalue weighted by molar-refractivity contribution is -0.0751. The minimum absolute atomic E-state index is 0.269. The molecule has 0 fully saturated rings. The molecular formula is C21H22N2O2. The number of nitriles is 1. The Morgan fingerprint density at radius 2 is 1.44 bits per heavy atom. The van der Waals surface area contributed by atoms with Gasteiger partial charge in [-0.3, -0.25) is 4.99 Å². The lowest BCUT2D eigenvalue weighted by Gasteiger charge is -2.15. The van der Waals surface area contributed by atoms with Crippen LogP contribution in [0.1, 0.15) is 18.1 Å². The van der Waals surface area contributed by atoms with E-state index in [4.69, 9.17) is 14.5 Å². The van der Waals surface area contributed by atoms with Gasteiger partial charge in [0.2, 0.25) is 0 Å². The van der Waals surface area contributed by atoms with Gasteiger partial charge in [0, 0.05) is 25.3 Å². The summed E-state index contributed by atoms with van der Waals surface area (Å²) < 4.78 is 10.5. The molecule has 25 heavy (non-hydrogen) atoms. The van der Waals surface area contributed by atoms with Gasteiger partial charge in [0.15, 0.2) is 6.29 Å². The van der Waals surface area contributed by atoms with Gasteiger partial charge in [-0.25, -0.2) is 0 Å². The van der Waals surface area contributed by atoms with Crippen LogP contribution in [0.5, 0.6) is 0 Å². The highest BCUT2D eigenvalue weighted by molar-refractivity contribution is 6.12. The van der Waals surface area contributed by atoms with Crippen molar-refractivity contribution < 1.29 is 9.47 Å². The average molecular weight is 334 g/mol. The summed E-state index contributed by atoms with van der Waals surface area (Å²) in [6, 6.07) is 22.1. The number of hydrogen-bond donors (Lipinski definition) is 0. The first-order valence-corrected chi connectivity index (χ1v) is 8.01. The molecule has 2 aromatic carbocycles. The molecule has 0 heterocycles. The van der Waals surface area contributed by atoms with E-state index in [9.17, 15) is 5.26 Å². The maximum atomic E-state index is 9.50. The first-order valence-electron chi connectivity index (χ1n) is 8.01. The third kappa shape index (κ3) is 4.87. The molecule has 0 unspecified atom stereocenters. The van der Waals surface area contributed by atoms with E-state index in [0.717, 1.165) is 22.4 Å². The summed E-state index contributed by atoms with van der Waals surface area (Å²) in [6.45, 7) is 2.10. The summed E-state index contributed by atoms with van der Waals surface area (Å²) in [5.41, 5.74) is 4.15. The molecule has 0 aliphatic carbocycles. The molecule has 2 rings (SSSR count). The number of aliphatic imine (C=N–C) groups is 1. The van der Waals surface area contributed by atoms with Crippen LogP contribution in [-0.2, 0) is 9.47 Å². The Bertz CT molecular complexity index is 729. The fourth-order valence-electron chi connectivity index (χ4n) is 2.54. The zero-order chi connectivity index (χ0) is 18.1. The van der Waals surface area contributed by atoms with E-state index in [1.54, 1.807) is 14.2 Å². The van der Waals surface area contributed by atoms with Gasteiger partial charge in [-0.05, 0) is 12.5 Å². The summed E-state index contributed by atoms with van der Waals surface area (Å²) in [5.74, 6) is 0. The summed E-state index contributed by atoms with van der Waals surface area (Å²) in [7, 11) is 3.10. The molecule has 4 heteroatoms. The highest BCUT2D eigenvalue weighted by Gasteiger charge is 2.14. The molecule has 0 spiro atoms. The lowest BCUT2D eigenvalue weighted by atomic mass is 10.0. The smallest absolute Gasteiger partial charge is 0.180 e. The van der Waals surface area contributed by atoms with Crippen molar-refractivity contribution in [2.45, 2.75) is 13.2 Å². The number of benzene rings is 2. The van der Waals surface area contributed by atoms with Crippen molar-refractivity contribution in [2.75, 3.05) is 20.8 Å². The summed E-state index contributed by atoms with van der Waals surface area (Å²) >= 11 is 0. The molecule has 0 aliphatic rings. The van der Waals surface area contributed by atoms with Gasteiger partial charge >= 0.3 is 0 Å². The minimum atomic E-state index is -0.540. The highest BCUT2D eigenvalue weighted by Crippen LogP contribution is 2.15. The van der Waals surface area contributed by atoms with Crippen molar-refractivity contribution in [1.82, 2.24) is 0 Å². The fraction of sp³-hybridized carbons (Fsp3) is 0.238. The zero-order valence-electron chi connectivity index (χ0n) is 14.8. The molecule has 0 amide bonds. The van der Waals surface area contributed by atoms with E-state index < -0.39 is 6.29 Å². The predicted octanol–water partition coefficient (Wildman–Crippen LogP) is 3.98. The molecule has 0 atom stereocenters. The molecule has 0 aromatic heterocycles. The molecule has 2 aromatic rings. The predicted molar refractivity (Wildman–Crippen MR) is 99.5 cm³/mol. The van der Waals surface area contributed by atoms with Crippen LogP contribution in [0, 0.1) is 11.3 Å². The maximum absolute atomic E-state index is 9.50. The van der Waals surface area contributed by atoms with E-state index in [-0.39, 0.29) is 6.54 Å². The van der Waals surface area contributed by atoms with E-state index in [0.29, 0.717) is 5.57 Å². The average Bonchev–Trinajstić information content (AvgIpc) is 2.67. The molecular weight excluding hydrogens is 312 g/mol. The Hall–Kier alpha value is -2.74. The number of methoxy groups -OCH3 is 2. The quantitative estimate of drug-likeness (QED) is 0.437. The lowest BCUT2D eigenvalue weighted by Crippen LogP contribution is -2.17. The Labute approximate surface area is 149 Å². The van der Waals surface area contributed by atoms with Crippen molar-refractivity contribution >= 4 is 5.71 Å². The number of rotatable bonds is 7. The topological polar surface area (TPSA) is 54.6 Å². The van der Waals surface area contributed by atoms with Crippen LogP contribution in [-0.4, -0.2) is 32.8 Å². The van der Waals surface area contributed by atoms with Crippen molar-refractivity contribution in [1.29, 1.82) is 5.26 Å². The second kappa shape index (κ2) is 9.53. The van der Waals surface area contributed by atoms with Gasteiger partial charge in [-0.15, -0.1) is 0 Å². The molecule has 0 aliphatic heterocycles. The van der Waals surface area contributed by atoms with E-state index in [2.05, 4.69) is 6.07 Å². The first-order chi connectivity index (χ1) is 12.2. The number of hydrogen-bond acceptors (Lipinski definition) is 4. The minimum Gasteiger partial charge on any atom is -0.352 e. The number of ether oxygens (including phenoxy) is 2. The monoisotopic (exact) mass is 334 g/mol. The van der Waals surface area contributed by atoms with Crippen molar-refractivity contribution in [3.05, 3.63) is 82.9 Å². The van der Waals surface area contributed by atoms with E-state index >= 15 is 0 Å². The van der Waals surface area contributed by atoms with Crippen LogP contribution in [0.4, 0.5) is 0 Å². The third-order valence-corrected chi connectivity index (χ3v) is 3.88. The van der Waals surface area contributed by atoms with Crippen molar-refractivity contribution in [3.8, 4) is 6.07 Å². The molecule has 0 saturated heterocycles.